The van der Waals surface area contributed by atoms with Crippen molar-refractivity contribution >= 4 is 12.1 Å². The summed E-state index contributed by atoms with van der Waals surface area (Å²) in [7, 11) is 1.52. The smallest absolute Gasteiger partial charge is 0.271 e. The zero-order chi connectivity index (χ0) is 22.8. The zero-order valence-corrected chi connectivity index (χ0v) is 18.0. The highest BCUT2D eigenvalue weighted by Crippen LogP contribution is 2.28. The van der Waals surface area contributed by atoms with Gasteiger partial charge in [-0.1, -0.05) is 31.2 Å². The predicted octanol–water partition coefficient (Wildman–Crippen LogP) is 4.97. The number of hydrazone groups is 1. The van der Waals surface area contributed by atoms with Crippen LogP contribution in [0.15, 0.2) is 71.8 Å². The maximum Gasteiger partial charge on any atom is 0.271 e. The highest BCUT2D eigenvalue weighted by molar-refractivity contribution is 5.95. The average molecular weight is 436 g/mol. The number of hydrogen-bond donors (Lipinski definition) is 1. The fourth-order valence-electron chi connectivity index (χ4n) is 2.83. The van der Waals surface area contributed by atoms with Gasteiger partial charge in [-0.25, -0.2) is 9.82 Å². The summed E-state index contributed by atoms with van der Waals surface area (Å²) < 4.78 is 29.8. The van der Waals surface area contributed by atoms with Crippen molar-refractivity contribution in [1.82, 2.24) is 5.43 Å². The number of nitrogens with zero attached hydrogens (tertiary/aromatic N) is 1. The van der Waals surface area contributed by atoms with Gasteiger partial charge in [0, 0.05) is 11.1 Å². The molecular weight excluding hydrogens is 411 g/mol. The van der Waals surface area contributed by atoms with Crippen LogP contribution in [0.5, 0.6) is 17.2 Å². The molecule has 6 nitrogen and oxygen atoms in total. The van der Waals surface area contributed by atoms with Crippen molar-refractivity contribution in [2.75, 3.05) is 13.7 Å². The molecule has 32 heavy (non-hydrogen) atoms. The fourth-order valence-corrected chi connectivity index (χ4v) is 2.83. The van der Waals surface area contributed by atoms with Crippen molar-refractivity contribution in [3.63, 3.8) is 0 Å². The van der Waals surface area contributed by atoms with E-state index in [9.17, 15) is 9.18 Å². The molecule has 1 amide bonds. The van der Waals surface area contributed by atoms with Crippen molar-refractivity contribution in [3.05, 3.63) is 89.2 Å². The normalized spacial score (nSPS) is 10.7. The van der Waals surface area contributed by atoms with Gasteiger partial charge >= 0.3 is 0 Å². The number of ether oxygens (including phenoxy) is 3. The lowest BCUT2D eigenvalue weighted by atomic mass is 10.2. The molecule has 0 aliphatic carbocycles. The summed E-state index contributed by atoms with van der Waals surface area (Å²) in [6, 6.07) is 18.4. The Morgan fingerprint density at radius 1 is 1.00 bits per heavy atom. The van der Waals surface area contributed by atoms with E-state index in [4.69, 9.17) is 14.2 Å². The van der Waals surface area contributed by atoms with E-state index in [-0.39, 0.29) is 18.3 Å². The van der Waals surface area contributed by atoms with E-state index in [0.29, 0.717) is 35.0 Å². The number of carbonyl (C=O) groups is 1. The number of methoxy groups -OCH3 is 1. The maximum atomic E-state index is 13.0. The number of amides is 1. The Balaban J connectivity index is 1.63. The second-order valence-corrected chi connectivity index (χ2v) is 6.87. The van der Waals surface area contributed by atoms with Crippen molar-refractivity contribution in [3.8, 4) is 17.2 Å². The zero-order valence-electron chi connectivity index (χ0n) is 18.0. The largest absolute Gasteiger partial charge is 0.493 e. The number of rotatable bonds is 10. The highest BCUT2D eigenvalue weighted by Gasteiger charge is 2.11. The van der Waals surface area contributed by atoms with Gasteiger partial charge < -0.3 is 14.2 Å². The van der Waals surface area contributed by atoms with Crippen molar-refractivity contribution in [2.45, 2.75) is 20.0 Å². The van der Waals surface area contributed by atoms with E-state index in [2.05, 4.69) is 10.5 Å². The molecule has 0 atom stereocenters. The molecule has 3 rings (SSSR count). The molecule has 0 saturated heterocycles. The minimum Gasteiger partial charge on any atom is -0.493 e. The van der Waals surface area contributed by atoms with E-state index in [0.717, 1.165) is 12.0 Å². The van der Waals surface area contributed by atoms with Gasteiger partial charge in [-0.05, 0) is 54.4 Å². The van der Waals surface area contributed by atoms with Crippen LogP contribution >= 0.6 is 0 Å². The Bertz CT molecular complexity index is 1070. The van der Waals surface area contributed by atoms with Crippen LogP contribution < -0.4 is 19.6 Å². The van der Waals surface area contributed by atoms with Gasteiger partial charge in [0.25, 0.3) is 5.91 Å². The molecule has 0 bridgehead atoms. The third-order valence-electron chi connectivity index (χ3n) is 4.48. The molecule has 1 N–H and O–H groups in total. The predicted molar refractivity (Wildman–Crippen MR) is 121 cm³/mol. The first kappa shape index (κ1) is 22.8. The molecule has 0 aliphatic heterocycles. The molecule has 0 aliphatic rings. The second kappa shape index (κ2) is 11.5. The first-order valence-corrected chi connectivity index (χ1v) is 10.2. The van der Waals surface area contributed by atoms with Gasteiger partial charge in [-0.3, -0.25) is 4.79 Å². The SMILES string of the molecule is CCCOc1ccc(C(=O)N/N=C/c2ccccc2OCc2ccc(F)cc2)cc1OC. The molecular formula is C25H25FN2O4. The number of carbonyl (C=O) groups excluding carboxylic acids is 1. The summed E-state index contributed by atoms with van der Waals surface area (Å²) in [6.07, 6.45) is 2.38. The lowest BCUT2D eigenvalue weighted by Gasteiger charge is -2.11. The summed E-state index contributed by atoms with van der Waals surface area (Å²) in [4.78, 5) is 12.5. The monoisotopic (exact) mass is 436 g/mol. The molecule has 166 valence electrons. The minimum absolute atomic E-state index is 0.281. The first-order chi connectivity index (χ1) is 15.6. The maximum absolute atomic E-state index is 13.0. The van der Waals surface area contributed by atoms with Gasteiger partial charge in [0.15, 0.2) is 11.5 Å². The Hall–Kier alpha value is -3.87. The molecule has 0 fully saturated rings. The van der Waals surface area contributed by atoms with Crippen LogP contribution in [-0.4, -0.2) is 25.8 Å². The lowest BCUT2D eigenvalue weighted by Crippen LogP contribution is -2.17. The van der Waals surface area contributed by atoms with Crippen LogP contribution in [0.3, 0.4) is 0 Å². The molecule has 0 saturated carbocycles. The fraction of sp³-hybridized carbons (Fsp3) is 0.200. The van der Waals surface area contributed by atoms with Crippen molar-refractivity contribution < 1.29 is 23.4 Å². The molecule has 3 aromatic rings. The number of hydrogen-bond acceptors (Lipinski definition) is 5. The lowest BCUT2D eigenvalue weighted by molar-refractivity contribution is 0.0954. The molecule has 0 heterocycles. The average Bonchev–Trinajstić information content (AvgIpc) is 2.83. The number of nitrogens with one attached hydrogen (secondary N) is 1. The van der Waals surface area contributed by atoms with Gasteiger partial charge in [0.05, 0.1) is 19.9 Å². The van der Waals surface area contributed by atoms with Gasteiger partial charge in [-0.15, -0.1) is 0 Å². The van der Waals surface area contributed by atoms with E-state index in [1.165, 1.54) is 25.5 Å². The number of halogens is 1. The summed E-state index contributed by atoms with van der Waals surface area (Å²) in [6.45, 7) is 2.86. The van der Waals surface area contributed by atoms with Crippen LogP contribution in [-0.2, 0) is 6.61 Å². The highest BCUT2D eigenvalue weighted by atomic mass is 19.1. The Kier molecular flexibility index (Phi) is 8.20. The molecule has 0 aromatic heterocycles. The van der Waals surface area contributed by atoms with Crippen LogP contribution in [0, 0.1) is 5.82 Å². The third-order valence-corrected chi connectivity index (χ3v) is 4.48. The van der Waals surface area contributed by atoms with Crippen LogP contribution in [0.1, 0.15) is 34.8 Å². The quantitative estimate of drug-likeness (QED) is 0.360. The second-order valence-electron chi connectivity index (χ2n) is 6.87. The first-order valence-electron chi connectivity index (χ1n) is 10.2. The molecule has 0 radical (unpaired) electrons. The molecule has 7 heteroatoms. The molecule has 0 spiro atoms. The molecule has 0 unspecified atom stereocenters. The number of para-hydroxylation sites is 1. The third kappa shape index (κ3) is 6.31. The topological polar surface area (TPSA) is 69.2 Å². The van der Waals surface area contributed by atoms with Gasteiger partial charge in [0.2, 0.25) is 0 Å². The van der Waals surface area contributed by atoms with Crippen molar-refractivity contribution in [1.29, 1.82) is 0 Å². The van der Waals surface area contributed by atoms with E-state index < -0.39 is 0 Å². The van der Waals surface area contributed by atoms with Gasteiger partial charge in [0.1, 0.15) is 18.2 Å². The van der Waals surface area contributed by atoms with E-state index in [1.54, 1.807) is 36.4 Å². The van der Waals surface area contributed by atoms with Crippen molar-refractivity contribution in [2.24, 2.45) is 5.10 Å². The Morgan fingerprint density at radius 3 is 2.53 bits per heavy atom. The minimum atomic E-state index is -0.383. The van der Waals surface area contributed by atoms with Crippen LogP contribution in [0.2, 0.25) is 0 Å². The summed E-state index contributed by atoms with van der Waals surface area (Å²) in [5.41, 5.74) is 4.43. The summed E-state index contributed by atoms with van der Waals surface area (Å²) in [5, 5.41) is 4.05. The Labute approximate surface area is 186 Å². The van der Waals surface area contributed by atoms with E-state index >= 15 is 0 Å². The number of benzene rings is 3. The standard InChI is InChI=1S/C25H25FN2O4/c1-3-14-31-23-13-10-19(15-24(23)30-2)25(29)28-27-16-20-6-4-5-7-22(20)32-17-18-8-11-21(26)12-9-18/h4-13,15-16H,3,14,17H2,1-2H3,(H,28,29)/b27-16+. The van der Waals surface area contributed by atoms with Gasteiger partial charge in [-0.2, -0.15) is 5.10 Å². The Morgan fingerprint density at radius 2 is 1.78 bits per heavy atom. The van der Waals surface area contributed by atoms with Crippen LogP contribution in [0.25, 0.3) is 0 Å². The summed E-state index contributed by atoms with van der Waals surface area (Å²) in [5.74, 6) is 0.981. The van der Waals surface area contributed by atoms with Crippen LogP contribution in [0.4, 0.5) is 4.39 Å². The summed E-state index contributed by atoms with van der Waals surface area (Å²) >= 11 is 0. The van der Waals surface area contributed by atoms with E-state index in [1.807, 2.05) is 25.1 Å². The molecule has 3 aromatic carbocycles.